The van der Waals surface area contributed by atoms with Crippen LogP contribution in [0.4, 0.5) is 16.3 Å². The number of halogens is 1. The summed E-state index contributed by atoms with van der Waals surface area (Å²) in [5, 5.41) is 11.1. The molecule has 0 fully saturated rings. The zero-order chi connectivity index (χ0) is 25.8. The van der Waals surface area contributed by atoms with Crippen molar-refractivity contribution in [2.45, 2.75) is 53.4 Å². The van der Waals surface area contributed by atoms with E-state index in [4.69, 9.17) is 16.7 Å². The highest BCUT2D eigenvalue weighted by Crippen LogP contribution is 2.29. The summed E-state index contributed by atoms with van der Waals surface area (Å²) in [6, 6.07) is 14.7. The van der Waals surface area contributed by atoms with Gasteiger partial charge in [-0.25, -0.2) is 9.48 Å². The fourth-order valence-electron chi connectivity index (χ4n) is 3.67. The fourth-order valence-corrected chi connectivity index (χ4v) is 3.89. The Morgan fingerprint density at radius 3 is 2.40 bits per heavy atom. The molecule has 186 valence electrons. The lowest BCUT2D eigenvalue weighted by atomic mass is 9.92. The minimum atomic E-state index is -0.317. The number of benzene rings is 2. The number of nitrogens with zero attached hydrogens (tertiary/aromatic N) is 3. The molecule has 35 heavy (non-hydrogen) atoms. The van der Waals surface area contributed by atoms with Crippen molar-refractivity contribution in [3.63, 3.8) is 0 Å². The first-order valence-corrected chi connectivity index (χ1v) is 12.2. The predicted molar refractivity (Wildman–Crippen MR) is 143 cm³/mol. The maximum absolute atomic E-state index is 13.1. The van der Waals surface area contributed by atoms with Crippen molar-refractivity contribution in [3.8, 4) is 5.69 Å². The lowest BCUT2D eigenvalue weighted by Gasteiger charge is -2.23. The van der Waals surface area contributed by atoms with Crippen LogP contribution in [0.2, 0.25) is 5.02 Å². The maximum Gasteiger partial charge on any atom is 0.322 e. The first-order valence-electron chi connectivity index (χ1n) is 11.8. The highest BCUT2D eigenvalue weighted by atomic mass is 35.5. The lowest BCUT2D eigenvalue weighted by molar-refractivity contribution is -0.116. The van der Waals surface area contributed by atoms with Gasteiger partial charge in [-0.3, -0.25) is 4.79 Å². The second-order valence-corrected chi connectivity index (χ2v) is 10.2. The van der Waals surface area contributed by atoms with Gasteiger partial charge in [-0.05, 0) is 44.0 Å². The molecule has 8 heteroatoms. The topological polar surface area (TPSA) is 79.3 Å². The summed E-state index contributed by atoms with van der Waals surface area (Å²) in [7, 11) is 0. The number of carbonyl (C=O) groups is 2. The van der Waals surface area contributed by atoms with Gasteiger partial charge in [0.1, 0.15) is 12.4 Å². The predicted octanol–water partition coefficient (Wildman–Crippen LogP) is 6.32. The number of urea groups is 1. The molecule has 0 unspecified atom stereocenters. The average molecular weight is 496 g/mol. The van der Waals surface area contributed by atoms with Crippen LogP contribution in [-0.2, 0) is 10.2 Å². The maximum atomic E-state index is 13.1. The SMILES string of the molecule is CCCN(CC(=O)Nc1cc(C(C)(C)C)nn1-c1ccccc1Cl)C(=O)Nc1ccc(C)cc1C. The van der Waals surface area contributed by atoms with Crippen molar-refractivity contribution in [2.24, 2.45) is 0 Å². The van der Waals surface area contributed by atoms with Gasteiger partial charge in [-0.15, -0.1) is 0 Å². The smallest absolute Gasteiger partial charge is 0.315 e. The van der Waals surface area contributed by atoms with E-state index in [1.165, 1.54) is 4.90 Å². The normalized spacial score (nSPS) is 11.3. The molecule has 1 aromatic heterocycles. The molecule has 0 aliphatic heterocycles. The molecule has 0 radical (unpaired) electrons. The molecule has 0 saturated heterocycles. The molecular formula is C27H34ClN5O2. The monoisotopic (exact) mass is 495 g/mol. The van der Waals surface area contributed by atoms with Crippen LogP contribution >= 0.6 is 11.6 Å². The lowest BCUT2D eigenvalue weighted by Crippen LogP contribution is -2.41. The number of anilines is 2. The third kappa shape index (κ3) is 6.63. The number of aromatic nitrogens is 2. The van der Waals surface area contributed by atoms with Crippen LogP contribution in [0.1, 0.15) is 50.9 Å². The number of nitrogens with one attached hydrogen (secondary N) is 2. The second kappa shape index (κ2) is 11.0. The Labute approximate surface area is 212 Å². The minimum Gasteiger partial charge on any atom is -0.315 e. The van der Waals surface area contributed by atoms with Gasteiger partial charge in [0, 0.05) is 23.7 Å². The zero-order valence-corrected chi connectivity index (χ0v) is 22.0. The van der Waals surface area contributed by atoms with Gasteiger partial charge in [-0.2, -0.15) is 5.10 Å². The highest BCUT2D eigenvalue weighted by Gasteiger charge is 2.23. The number of hydrogen-bond acceptors (Lipinski definition) is 3. The quantitative estimate of drug-likeness (QED) is 0.402. The van der Waals surface area contributed by atoms with E-state index in [0.29, 0.717) is 23.1 Å². The summed E-state index contributed by atoms with van der Waals surface area (Å²) < 4.78 is 1.64. The molecule has 1 heterocycles. The number of carbonyl (C=O) groups excluding carboxylic acids is 2. The number of rotatable bonds is 7. The third-order valence-corrected chi connectivity index (χ3v) is 5.88. The van der Waals surface area contributed by atoms with Crippen molar-refractivity contribution in [3.05, 3.63) is 70.4 Å². The van der Waals surface area contributed by atoms with E-state index < -0.39 is 0 Å². The molecule has 3 rings (SSSR count). The summed E-state index contributed by atoms with van der Waals surface area (Å²) in [4.78, 5) is 27.6. The van der Waals surface area contributed by atoms with Gasteiger partial charge in [0.15, 0.2) is 0 Å². The van der Waals surface area contributed by atoms with Gasteiger partial charge < -0.3 is 15.5 Å². The zero-order valence-electron chi connectivity index (χ0n) is 21.3. The standard InChI is InChI=1S/C27H34ClN5O2/c1-7-14-32(26(35)29-21-13-12-18(2)15-19(21)3)17-25(34)30-24-16-23(27(4,5)6)31-33(24)22-11-9-8-10-20(22)28/h8-13,15-16H,7,14,17H2,1-6H3,(H,29,35)(H,30,34). The van der Waals surface area contributed by atoms with E-state index in [1.54, 1.807) is 10.7 Å². The minimum absolute atomic E-state index is 0.0941. The Balaban J connectivity index is 1.81. The first kappa shape index (κ1) is 26.3. The molecule has 0 aliphatic carbocycles. The summed E-state index contributed by atoms with van der Waals surface area (Å²) in [6.45, 7) is 12.4. The Morgan fingerprint density at radius 2 is 1.77 bits per heavy atom. The van der Waals surface area contributed by atoms with Crippen molar-refractivity contribution in [2.75, 3.05) is 23.7 Å². The van der Waals surface area contributed by atoms with Crippen molar-refractivity contribution < 1.29 is 9.59 Å². The first-order chi connectivity index (χ1) is 16.5. The second-order valence-electron chi connectivity index (χ2n) is 9.75. The van der Waals surface area contributed by atoms with Crippen LogP contribution in [0, 0.1) is 13.8 Å². The van der Waals surface area contributed by atoms with E-state index in [0.717, 1.165) is 28.9 Å². The van der Waals surface area contributed by atoms with Crippen LogP contribution in [0.25, 0.3) is 5.69 Å². The molecule has 0 bridgehead atoms. The molecule has 2 aromatic carbocycles. The molecule has 0 spiro atoms. The van der Waals surface area contributed by atoms with Crippen LogP contribution in [-0.4, -0.2) is 39.7 Å². The van der Waals surface area contributed by atoms with Gasteiger partial charge in [0.2, 0.25) is 5.91 Å². The number of amides is 3. The molecule has 3 aromatic rings. The van der Waals surface area contributed by atoms with Gasteiger partial charge in [0.05, 0.1) is 16.4 Å². The van der Waals surface area contributed by atoms with E-state index >= 15 is 0 Å². The van der Waals surface area contributed by atoms with Crippen molar-refractivity contribution in [1.29, 1.82) is 0 Å². The summed E-state index contributed by atoms with van der Waals surface area (Å²) in [6.07, 6.45) is 0.722. The Morgan fingerprint density at radius 1 is 1.06 bits per heavy atom. The molecule has 0 atom stereocenters. The largest absolute Gasteiger partial charge is 0.322 e. The summed E-state index contributed by atoms with van der Waals surface area (Å²) >= 11 is 6.42. The van der Waals surface area contributed by atoms with E-state index in [2.05, 4.69) is 31.4 Å². The van der Waals surface area contributed by atoms with E-state index in [1.807, 2.05) is 63.2 Å². The van der Waals surface area contributed by atoms with Crippen molar-refractivity contribution in [1.82, 2.24) is 14.7 Å². The van der Waals surface area contributed by atoms with Gasteiger partial charge in [0.25, 0.3) is 0 Å². The number of hydrogen-bond donors (Lipinski definition) is 2. The third-order valence-electron chi connectivity index (χ3n) is 5.56. The van der Waals surface area contributed by atoms with Gasteiger partial charge in [-0.1, -0.05) is 69.1 Å². The summed E-state index contributed by atoms with van der Waals surface area (Å²) in [5.74, 6) is 0.183. The number of para-hydroxylation sites is 1. The van der Waals surface area contributed by atoms with E-state index in [-0.39, 0.29) is 23.9 Å². The molecule has 3 amide bonds. The molecule has 0 aliphatic rings. The Hall–Kier alpha value is -3.32. The van der Waals surface area contributed by atoms with Crippen LogP contribution in [0.5, 0.6) is 0 Å². The highest BCUT2D eigenvalue weighted by molar-refractivity contribution is 6.32. The molecule has 0 saturated carbocycles. The number of aryl methyl sites for hydroxylation is 2. The summed E-state index contributed by atoms with van der Waals surface area (Å²) in [5.41, 5.74) is 4.07. The Bertz CT molecular complexity index is 1210. The molecular weight excluding hydrogens is 462 g/mol. The fraction of sp³-hybridized carbons (Fsp3) is 0.370. The van der Waals surface area contributed by atoms with Crippen LogP contribution < -0.4 is 10.6 Å². The average Bonchev–Trinajstić information content (AvgIpc) is 3.19. The molecule has 2 N–H and O–H groups in total. The van der Waals surface area contributed by atoms with Crippen LogP contribution in [0.15, 0.2) is 48.5 Å². The Kier molecular flexibility index (Phi) is 8.22. The molecule has 7 nitrogen and oxygen atoms in total. The van der Waals surface area contributed by atoms with Gasteiger partial charge >= 0.3 is 6.03 Å². The van der Waals surface area contributed by atoms with Crippen molar-refractivity contribution >= 4 is 35.0 Å². The van der Waals surface area contributed by atoms with E-state index in [9.17, 15) is 9.59 Å². The van der Waals surface area contributed by atoms with Crippen LogP contribution in [0.3, 0.4) is 0 Å².